The number of aromatic nitrogens is 2. The zero-order valence-electron chi connectivity index (χ0n) is 11.7. The lowest BCUT2D eigenvalue weighted by Crippen LogP contribution is -2.02. The molecule has 2 rings (SSSR count). The van der Waals surface area contributed by atoms with Crippen LogP contribution < -0.4 is 11.2 Å². The molecule has 0 spiro atoms. The predicted molar refractivity (Wildman–Crippen MR) is 88.3 cm³/mol. The number of hydrogen-bond acceptors (Lipinski definition) is 7. The van der Waals surface area contributed by atoms with Gasteiger partial charge >= 0.3 is 0 Å². The Kier molecular flexibility index (Phi) is 5.24. The molecule has 8 heteroatoms. The standard InChI is InChI=1S/C15H10ClN7/c16-13-3-1-10(2-4-13)5-11(6-17)8-21-23-15-20-9-12(7-18)14(19)22-15/h1-5,8-9H,(H3,19,20,22,23)/b11-5+,21-8-. The number of halogens is 1. The van der Waals surface area contributed by atoms with Crippen LogP contribution in [0.15, 0.2) is 41.1 Å². The molecule has 0 unspecified atom stereocenters. The molecule has 0 aliphatic rings. The first-order valence-electron chi connectivity index (χ1n) is 6.31. The molecule has 0 aliphatic heterocycles. The fourth-order valence-electron chi connectivity index (χ4n) is 1.53. The van der Waals surface area contributed by atoms with E-state index in [0.717, 1.165) is 5.56 Å². The number of nitrogen functional groups attached to an aromatic ring is 1. The molecule has 2 aromatic rings. The molecule has 112 valence electrons. The molecule has 23 heavy (non-hydrogen) atoms. The highest BCUT2D eigenvalue weighted by Crippen LogP contribution is 2.12. The summed E-state index contributed by atoms with van der Waals surface area (Å²) in [5.41, 5.74) is 9.42. The van der Waals surface area contributed by atoms with Gasteiger partial charge in [-0.15, -0.1) is 0 Å². The topological polar surface area (TPSA) is 124 Å². The number of allylic oxidation sites excluding steroid dienone is 1. The van der Waals surface area contributed by atoms with Gasteiger partial charge in [-0.3, -0.25) is 0 Å². The van der Waals surface area contributed by atoms with Gasteiger partial charge in [0.25, 0.3) is 0 Å². The molecule has 1 heterocycles. The molecule has 7 nitrogen and oxygen atoms in total. The summed E-state index contributed by atoms with van der Waals surface area (Å²) in [6, 6.07) is 10.9. The van der Waals surface area contributed by atoms with Gasteiger partial charge in [-0.1, -0.05) is 23.7 Å². The van der Waals surface area contributed by atoms with Crippen molar-refractivity contribution in [3.05, 3.63) is 52.2 Å². The number of nitrogens with zero attached hydrogens (tertiary/aromatic N) is 5. The van der Waals surface area contributed by atoms with Gasteiger partial charge < -0.3 is 5.73 Å². The van der Waals surface area contributed by atoms with Crippen molar-refractivity contribution in [3.8, 4) is 12.1 Å². The van der Waals surface area contributed by atoms with Crippen molar-refractivity contribution in [2.24, 2.45) is 5.10 Å². The Hall–Kier alpha value is -3.42. The number of nitriles is 2. The average molecular weight is 324 g/mol. The van der Waals surface area contributed by atoms with Gasteiger partial charge in [-0.05, 0) is 23.8 Å². The quantitative estimate of drug-likeness (QED) is 0.506. The maximum absolute atomic E-state index is 9.10. The van der Waals surface area contributed by atoms with Crippen molar-refractivity contribution >= 4 is 35.7 Å². The number of hydrogen-bond donors (Lipinski definition) is 2. The number of anilines is 2. The normalized spacial score (nSPS) is 11.0. The molecule has 1 aromatic carbocycles. The van der Waals surface area contributed by atoms with Gasteiger partial charge in [0.15, 0.2) is 0 Å². The number of rotatable bonds is 4. The van der Waals surface area contributed by atoms with Crippen LogP contribution in [-0.4, -0.2) is 16.2 Å². The SMILES string of the molecule is N#CC(/C=N\Nc1ncc(C#N)c(N)n1)=C\c1ccc(Cl)cc1. The summed E-state index contributed by atoms with van der Waals surface area (Å²) < 4.78 is 0. The summed E-state index contributed by atoms with van der Waals surface area (Å²) in [4.78, 5) is 7.73. The van der Waals surface area contributed by atoms with E-state index in [9.17, 15) is 0 Å². The predicted octanol–water partition coefficient (Wildman–Crippen LogP) is 2.59. The Bertz CT molecular complexity index is 842. The molecule has 0 saturated heterocycles. The highest BCUT2D eigenvalue weighted by Gasteiger charge is 2.02. The van der Waals surface area contributed by atoms with Crippen LogP contribution in [0, 0.1) is 22.7 Å². The lowest BCUT2D eigenvalue weighted by molar-refractivity contribution is 1.12. The molecule has 3 N–H and O–H groups in total. The summed E-state index contributed by atoms with van der Waals surface area (Å²) in [5.74, 6) is 0.180. The van der Waals surface area contributed by atoms with E-state index < -0.39 is 0 Å². The Morgan fingerprint density at radius 1 is 1.30 bits per heavy atom. The fraction of sp³-hybridized carbons (Fsp3) is 0. The molecule has 0 radical (unpaired) electrons. The van der Waals surface area contributed by atoms with E-state index in [1.54, 1.807) is 30.3 Å². The van der Waals surface area contributed by atoms with E-state index in [1.165, 1.54) is 12.4 Å². The monoisotopic (exact) mass is 323 g/mol. The van der Waals surface area contributed by atoms with E-state index in [1.807, 2.05) is 12.1 Å². The van der Waals surface area contributed by atoms with Crippen LogP contribution >= 0.6 is 11.6 Å². The first-order chi connectivity index (χ1) is 11.1. The smallest absolute Gasteiger partial charge is 0.245 e. The number of hydrazone groups is 1. The van der Waals surface area contributed by atoms with Crippen LogP contribution in [0.1, 0.15) is 11.1 Å². The maximum atomic E-state index is 9.10. The van der Waals surface area contributed by atoms with Crippen molar-refractivity contribution in [3.63, 3.8) is 0 Å². The molecular weight excluding hydrogens is 314 g/mol. The van der Waals surface area contributed by atoms with Crippen molar-refractivity contribution in [1.82, 2.24) is 9.97 Å². The third-order valence-electron chi connectivity index (χ3n) is 2.63. The second-order valence-corrected chi connectivity index (χ2v) is 4.67. The molecule has 0 amide bonds. The van der Waals surface area contributed by atoms with Crippen LogP contribution in [-0.2, 0) is 0 Å². The van der Waals surface area contributed by atoms with Crippen LogP contribution in [0.3, 0.4) is 0 Å². The first kappa shape index (κ1) is 16.0. The summed E-state index contributed by atoms with van der Waals surface area (Å²) in [6.07, 6.45) is 4.26. The maximum Gasteiger partial charge on any atom is 0.245 e. The number of benzene rings is 1. The van der Waals surface area contributed by atoms with Crippen LogP contribution in [0.4, 0.5) is 11.8 Å². The van der Waals surface area contributed by atoms with E-state index in [2.05, 4.69) is 20.5 Å². The zero-order chi connectivity index (χ0) is 16.7. The highest BCUT2D eigenvalue weighted by molar-refractivity contribution is 6.30. The third kappa shape index (κ3) is 4.53. The van der Waals surface area contributed by atoms with Gasteiger partial charge in [-0.25, -0.2) is 10.4 Å². The Labute approximate surface area is 137 Å². The highest BCUT2D eigenvalue weighted by atomic mass is 35.5. The zero-order valence-corrected chi connectivity index (χ0v) is 12.5. The summed E-state index contributed by atoms with van der Waals surface area (Å²) >= 11 is 5.80. The number of nitrogens with one attached hydrogen (secondary N) is 1. The Morgan fingerprint density at radius 3 is 2.65 bits per heavy atom. The van der Waals surface area contributed by atoms with Gasteiger partial charge in [0, 0.05) is 5.02 Å². The second-order valence-electron chi connectivity index (χ2n) is 4.24. The average Bonchev–Trinajstić information content (AvgIpc) is 2.56. The second kappa shape index (κ2) is 7.55. The first-order valence-corrected chi connectivity index (χ1v) is 6.69. The molecule has 1 aromatic heterocycles. The largest absolute Gasteiger partial charge is 0.382 e. The van der Waals surface area contributed by atoms with E-state index in [-0.39, 0.29) is 17.3 Å². The third-order valence-corrected chi connectivity index (χ3v) is 2.88. The summed E-state index contributed by atoms with van der Waals surface area (Å²) in [6.45, 7) is 0. The van der Waals surface area contributed by atoms with Gasteiger partial charge in [0.05, 0.1) is 18.0 Å². The van der Waals surface area contributed by atoms with Gasteiger partial charge in [0.2, 0.25) is 5.95 Å². The van der Waals surface area contributed by atoms with Crippen molar-refractivity contribution in [2.45, 2.75) is 0 Å². The molecule has 0 bridgehead atoms. The Balaban J connectivity index is 2.09. The molecular formula is C15H10ClN7. The Morgan fingerprint density at radius 2 is 2.04 bits per heavy atom. The fourth-order valence-corrected chi connectivity index (χ4v) is 1.66. The minimum absolute atomic E-state index is 0.0532. The van der Waals surface area contributed by atoms with Crippen LogP contribution in [0.25, 0.3) is 6.08 Å². The van der Waals surface area contributed by atoms with Gasteiger partial charge in [0.1, 0.15) is 23.5 Å². The van der Waals surface area contributed by atoms with Crippen molar-refractivity contribution in [2.75, 3.05) is 11.2 Å². The minimum atomic E-state index is 0.0532. The summed E-state index contributed by atoms with van der Waals surface area (Å²) in [5, 5.41) is 22.3. The van der Waals surface area contributed by atoms with Gasteiger partial charge in [-0.2, -0.15) is 20.6 Å². The van der Waals surface area contributed by atoms with E-state index >= 15 is 0 Å². The molecule has 0 atom stereocenters. The lowest BCUT2D eigenvalue weighted by Gasteiger charge is -2.00. The lowest BCUT2D eigenvalue weighted by atomic mass is 10.1. The van der Waals surface area contributed by atoms with Crippen molar-refractivity contribution < 1.29 is 0 Å². The van der Waals surface area contributed by atoms with E-state index in [4.69, 9.17) is 27.9 Å². The van der Waals surface area contributed by atoms with Crippen molar-refractivity contribution in [1.29, 1.82) is 10.5 Å². The van der Waals surface area contributed by atoms with Crippen LogP contribution in [0.2, 0.25) is 5.02 Å². The molecule has 0 aliphatic carbocycles. The van der Waals surface area contributed by atoms with E-state index in [0.29, 0.717) is 10.6 Å². The summed E-state index contributed by atoms with van der Waals surface area (Å²) in [7, 11) is 0. The minimum Gasteiger partial charge on any atom is -0.382 e. The number of nitrogens with two attached hydrogens (primary N) is 1. The van der Waals surface area contributed by atoms with Crippen LogP contribution in [0.5, 0.6) is 0 Å². The molecule has 0 saturated carbocycles. The molecule has 0 fully saturated rings.